The molecule has 0 atom stereocenters. The lowest BCUT2D eigenvalue weighted by Crippen LogP contribution is -2.30. The van der Waals surface area contributed by atoms with Gasteiger partial charge in [0.2, 0.25) is 0 Å². The smallest absolute Gasteiger partial charge is 0.261 e. The Morgan fingerprint density at radius 2 is 2.00 bits per heavy atom. The number of para-hydroxylation sites is 1. The van der Waals surface area contributed by atoms with Crippen LogP contribution in [0.15, 0.2) is 22.7 Å². The van der Waals surface area contributed by atoms with Crippen LogP contribution in [0.3, 0.4) is 0 Å². The largest absolute Gasteiger partial charge is 0.486 e. The fraction of sp³-hybridized carbons (Fsp3) is 0.385. The minimum atomic E-state index is -0.645. The molecule has 0 saturated carbocycles. The number of fused-ring (bicyclic) bond motifs is 1. The van der Waals surface area contributed by atoms with E-state index in [0.29, 0.717) is 36.4 Å². The fourth-order valence-corrected chi connectivity index (χ4v) is 1.84. The summed E-state index contributed by atoms with van der Waals surface area (Å²) < 4.78 is 16.4. The van der Waals surface area contributed by atoms with Crippen molar-refractivity contribution in [3.05, 3.63) is 24.0 Å². The van der Waals surface area contributed by atoms with Crippen LogP contribution in [-0.2, 0) is 5.54 Å². The summed E-state index contributed by atoms with van der Waals surface area (Å²) in [4.78, 5) is 4.32. The average Bonchev–Trinajstić information content (AvgIpc) is 2.87. The summed E-state index contributed by atoms with van der Waals surface area (Å²) in [6, 6.07) is 5.57. The van der Waals surface area contributed by atoms with E-state index in [0.717, 1.165) is 5.56 Å². The molecule has 3 rings (SSSR count). The van der Waals surface area contributed by atoms with Crippen molar-refractivity contribution in [3.8, 4) is 23.0 Å². The lowest BCUT2D eigenvalue weighted by molar-refractivity contribution is 0.172. The second-order valence-corrected chi connectivity index (χ2v) is 4.97. The Balaban J connectivity index is 2.05. The Kier molecular flexibility index (Phi) is 2.67. The highest BCUT2D eigenvalue weighted by Gasteiger charge is 2.25. The first-order valence-electron chi connectivity index (χ1n) is 6.08. The lowest BCUT2D eigenvalue weighted by Gasteiger charge is -2.19. The van der Waals surface area contributed by atoms with Gasteiger partial charge in [0.15, 0.2) is 17.3 Å². The lowest BCUT2D eigenvalue weighted by atomic mass is 10.1. The molecule has 2 heterocycles. The van der Waals surface area contributed by atoms with Crippen LogP contribution in [0, 0.1) is 0 Å². The van der Waals surface area contributed by atoms with Crippen LogP contribution in [0.2, 0.25) is 0 Å². The maximum absolute atomic E-state index is 5.95. The number of hydrogen-bond acceptors (Lipinski definition) is 6. The highest BCUT2D eigenvalue weighted by molar-refractivity contribution is 5.67. The van der Waals surface area contributed by atoms with Gasteiger partial charge in [0.1, 0.15) is 13.2 Å². The van der Waals surface area contributed by atoms with E-state index in [9.17, 15) is 0 Å². The number of nitrogens with two attached hydrogens (primary N) is 1. The third-order valence-electron chi connectivity index (χ3n) is 2.80. The van der Waals surface area contributed by atoms with Gasteiger partial charge in [0.05, 0.1) is 11.1 Å². The second kappa shape index (κ2) is 4.24. The predicted octanol–water partition coefficient (Wildman–Crippen LogP) is 1.70. The molecule has 0 radical (unpaired) electrons. The molecular formula is C13H15N3O3. The van der Waals surface area contributed by atoms with Gasteiger partial charge in [-0.25, -0.2) is 0 Å². The van der Waals surface area contributed by atoms with Crippen LogP contribution in [0.4, 0.5) is 0 Å². The first-order valence-corrected chi connectivity index (χ1v) is 6.08. The third kappa shape index (κ3) is 2.15. The normalized spacial score (nSPS) is 14.5. The molecule has 0 fully saturated rings. The zero-order valence-corrected chi connectivity index (χ0v) is 10.8. The van der Waals surface area contributed by atoms with Crippen LogP contribution >= 0.6 is 0 Å². The Labute approximate surface area is 110 Å². The minimum Gasteiger partial charge on any atom is -0.486 e. The highest BCUT2D eigenvalue weighted by Crippen LogP contribution is 2.39. The van der Waals surface area contributed by atoms with Gasteiger partial charge in [-0.3, -0.25) is 0 Å². The summed E-state index contributed by atoms with van der Waals surface area (Å²) in [5.74, 6) is 2.17. The van der Waals surface area contributed by atoms with Crippen molar-refractivity contribution in [2.45, 2.75) is 19.4 Å². The molecule has 19 heavy (non-hydrogen) atoms. The van der Waals surface area contributed by atoms with E-state index in [1.54, 1.807) is 0 Å². The average molecular weight is 261 g/mol. The van der Waals surface area contributed by atoms with Crippen molar-refractivity contribution in [3.63, 3.8) is 0 Å². The van der Waals surface area contributed by atoms with Crippen molar-refractivity contribution in [1.82, 2.24) is 10.1 Å². The Hall–Kier alpha value is -2.08. The molecule has 6 heteroatoms. The van der Waals surface area contributed by atoms with Gasteiger partial charge < -0.3 is 19.7 Å². The molecule has 1 aromatic heterocycles. The molecule has 1 aromatic carbocycles. The van der Waals surface area contributed by atoms with Crippen molar-refractivity contribution in [2.75, 3.05) is 13.2 Å². The van der Waals surface area contributed by atoms with Gasteiger partial charge in [-0.05, 0) is 26.0 Å². The van der Waals surface area contributed by atoms with Gasteiger partial charge in [0.25, 0.3) is 5.89 Å². The molecule has 0 spiro atoms. The van der Waals surface area contributed by atoms with Crippen LogP contribution in [0.5, 0.6) is 11.5 Å². The molecule has 2 N–H and O–H groups in total. The van der Waals surface area contributed by atoms with E-state index in [-0.39, 0.29) is 0 Å². The van der Waals surface area contributed by atoms with Gasteiger partial charge in [-0.1, -0.05) is 11.2 Å². The summed E-state index contributed by atoms with van der Waals surface area (Å²) in [7, 11) is 0. The Morgan fingerprint density at radius 3 is 2.74 bits per heavy atom. The van der Waals surface area contributed by atoms with Crippen molar-refractivity contribution < 1.29 is 14.0 Å². The van der Waals surface area contributed by atoms with Crippen LogP contribution in [0.1, 0.15) is 19.7 Å². The maximum Gasteiger partial charge on any atom is 0.261 e. The first-order chi connectivity index (χ1) is 9.05. The van der Waals surface area contributed by atoms with E-state index >= 15 is 0 Å². The number of benzene rings is 1. The number of nitrogens with zero attached hydrogens (tertiary/aromatic N) is 2. The Bertz CT molecular complexity index is 601. The second-order valence-electron chi connectivity index (χ2n) is 4.97. The zero-order valence-electron chi connectivity index (χ0n) is 10.8. The van der Waals surface area contributed by atoms with Gasteiger partial charge in [0, 0.05) is 0 Å². The molecule has 6 nitrogen and oxygen atoms in total. The third-order valence-corrected chi connectivity index (χ3v) is 2.80. The van der Waals surface area contributed by atoms with Crippen molar-refractivity contribution >= 4 is 0 Å². The summed E-state index contributed by atoms with van der Waals surface area (Å²) in [6.07, 6.45) is 0. The molecule has 1 aliphatic rings. The molecule has 1 aliphatic heterocycles. The monoisotopic (exact) mass is 261 g/mol. The van der Waals surface area contributed by atoms with E-state index in [1.165, 1.54) is 0 Å². The zero-order chi connectivity index (χ0) is 13.5. The standard InChI is InChI=1S/C13H15N3O3/c1-13(2,14)12-15-11(19-16-12)8-4-3-5-9-10(8)18-7-6-17-9/h3-5H,6-7,14H2,1-2H3. The molecule has 0 amide bonds. The summed E-state index contributed by atoms with van der Waals surface area (Å²) >= 11 is 0. The van der Waals surface area contributed by atoms with Crippen LogP contribution in [0.25, 0.3) is 11.5 Å². The van der Waals surface area contributed by atoms with E-state index < -0.39 is 5.54 Å². The molecule has 2 aromatic rings. The Morgan fingerprint density at radius 1 is 1.21 bits per heavy atom. The van der Waals surface area contributed by atoms with E-state index in [4.69, 9.17) is 19.7 Å². The molecular weight excluding hydrogens is 246 g/mol. The molecule has 0 saturated heterocycles. The first kappa shape index (κ1) is 12.0. The van der Waals surface area contributed by atoms with E-state index in [1.807, 2.05) is 32.0 Å². The summed E-state index contributed by atoms with van der Waals surface area (Å²) in [5, 5.41) is 3.91. The quantitative estimate of drug-likeness (QED) is 0.885. The van der Waals surface area contributed by atoms with Gasteiger partial charge in [-0.2, -0.15) is 4.98 Å². The summed E-state index contributed by atoms with van der Waals surface area (Å²) in [5.41, 5.74) is 6.02. The molecule has 0 bridgehead atoms. The SMILES string of the molecule is CC(C)(N)c1noc(-c2cccc3c2OCCO3)n1. The molecule has 0 unspecified atom stereocenters. The van der Waals surface area contributed by atoms with Gasteiger partial charge >= 0.3 is 0 Å². The minimum absolute atomic E-state index is 0.385. The number of rotatable bonds is 2. The summed E-state index contributed by atoms with van der Waals surface area (Å²) in [6.45, 7) is 4.69. The van der Waals surface area contributed by atoms with Crippen LogP contribution < -0.4 is 15.2 Å². The van der Waals surface area contributed by atoms with Gasteiger partial charge in [-0.15, -0.1) is 0 Å². The predicted molar refractivity (Wildman–Crippen MR) is 67.9 cm³/mol. The van der Waals surface area contributed by atoms with Crippen LogP contribution in [-0.4, -0.2) is 23.4 Å². The van der Waals surface area contributed by atoms with Crippen molar-refractivity contribution in [2.24, 2.45) is 5.73 Å². The topological polar surface area (TPSA) is 83.4 Å². The highest BCUT2D eigenvalue weighted by atomic mass is 16.6. The fourth-order valence-electron chi connectivity index (χ4n) is 1.84. The van der Waals surface area contributed by atoms with E-state index in [2.05, 4.69) is 10.1 Å². The number of aromatic nitrogens is 2. The molecule has 100 valence electrons. The van der Waals surface area contributed by atoms with Crippen molar-refractivity contribution in [1.29, 1.82) is 0 Å². The number of hydrogen-bond donors (Lipinski definition) is 1. The maximum atomic E-state index is 5.95. The molecule has 0 aliphatic carbocycles. The number of ether oxygens (including phenoxy) is 2.